The molecule has 0 aromatic rings. The van der Waals surface area contributed by atoms with Crippen LogP contribution in [-0.2, 0) is 0 Å². The Morgan fingerprint density at radius 2 is 1.80 bits per heavy atom. The minimum atomic E-state index is -0.547. The Kier molecular flexibility index (Phi) is 6.13. The van der Waals surface area contributed by atoms with Gasteiger partial charge in [0.2, 0.25) is 0 Å². The van der Waals surface area contributed by atoms with E-state index in [9.17, 15) is 5.11 Å². The first-order valence-corrected chi connectivity index (χ1v) is 5.88. The number of aliphatic hydroxyl groups is 1. The largest absolute Gasteiger partial charge is 0.374 e. The van der Waals surface area contributed by atoms with E-state index in [1.54, 1.807) is 0 Å². The van der Waals surface area contributed by atoms with Crippen LogP contribution in [0.25, 0.3) is 0 Å². The van der Waals surface area contributed by atoms with Crippen LogP contribution in [0.2, 0.25) is 0 Å². The number of aliphatic hydroxyl groups excluding tert-OH is 1. The molecule has 3 nitrogen and oxygen atoms in total. The second kappa shape index (κ2) is 6.28. The zero-order chi connectivity index (χ0) is 12.1. The Labute approximate surface area is 98.6 Å². The summed E-state index contributed by atoms with van der Waals surface area (Å²) in [5.41, 5.74) is -0.0676. The summed E-state index contributed by atoms with van der Waals surface area (Å²) in [6.45, 7) is 10.4. The SMILES string of the molecule is CC(C)CCC(O)NC(=S)NC(C)(C)C. The Balaban J connectivity index is 3.77. The summed E-state index contributed by atoms with van der Waals surface area (Å²) in [4.78, 5) is 0. The Hall–Kier alpha value is -0.350. The van der Waals surface area contributed by atoms with Crippen molar-refractivity contribution >= 4 is 17.3 Å². The molecular weight excluding hydrogens is 208 g/mol. The number of thiocarbonyl (C=S) groups is 1. The van der Waals surface area contributed by atoms with E-state index in [0.717, 1.165) is 12.8 Å². The molecule has 1 unspecified atom stereocenters. The smallest absolute Gasteiger partial charge is 0.168 e. The predicted octanol–water partition coefficient (Wildman–Crippen LogP) is 2.00. The van der Waals surface area contributed by atoms with Crippen molar-refractivity contribution in [1.82, 2.24) is 10.6 Å². The molecule has 0 saturated carbocycles. The van der Waals surface area contributed by atoms with Gasteiger partial charge in [-0.3, -0.25) is 0 Å². The number of nitrogens with one attached hydrogen (secondary N) is 2. The van der Waals surface area contributed by atoms with Gasteiger partial charge in [0.1, 0.15) is 6.23 Å². The molecule has 0 aliphatic heterocycles. The van der Waals surface area contributed by atoms with Crippen molar-refractivity contribution in [2.45, 2.75) is 59.2 Å². The third-order valence-corrected chi connectivity index (χ3v) is 2.02. The van der Waals surface area contributed by atoms with Gasteiger partial charge in [0.05, 0.1) is 0 Å². The first-order valence-electron chi connectivity index (χ1n) is 5.47. The van der Waals surface area contributed by atoms with Crippen LogP contribution in [0.3, 0.4) is 0 Å². The number of hydrogen-bond acceptors (Lipinski definition) is 2. The first-order chi connectivity index (χ1) is 6.70. The normalized spacial score (nSPS) is 13.8. The van der Waals surface area contributed by atoms with Crippen molar-refractivity contribution in [3.63, 3.8) is 0 Å². The van der Waals surface area contributed by atoms with Gasteiger partial charge in [-0.25, -0.2) is 0 Å². The number of rotatable bonds is 4. The molecule has 1 atom stereocenters. The fraction of sp³-hybridized carbons (Fsp3) is 0.909. The van der Waals surface area contributed by atoms with Gasteiger partial charge >= 0.3 is 0 Å². The zero-order valence-electron chi connectivity index (χ0n) is 10.4. The average Bonchev–Trinajstić information content (AvgIpc) is 1.96. The highest BCUT2D eigenvalue weighted by Gasteiger charge is 2.13. The quantitative estimate of drug-likeness (QED) is 0.512. The predicted molar refractivity (Wildman–Crippen MR) is 68.7 cm³/mol. The van der Waals surface area contributed by atoms with E-state index in [1.807, 2.05) is 20.8 Å². The van der Waals surface area contributed by atoms with Gasteiger partial charge in [-0.2, -0.15) is 0 Å². The molecule has 0 aliphatic rings. The lowest BCUT2D eigenvalue weighted by Crippen LogP contribution is -2.49. The van der Waals surface area contributed by atoms with Crippen molar-refractivity contribution in [3.8, 4) is 0 Å². The fourth-order valence-corrected chi connectivity index (χ4v) is 1.53. The van der Waals surface area contributed by atoms with E-state index in [2.05, 4.69) is 24.5 Å². The highest BCUT2D eigenvalue weighted by molar-refractivity contribution is 7.80. The third-order valence-electron chi connectivity index (χ3n) is 1.80. The minimum absolute atomic E-state index is 0.0676. The van der Waals surface area contributed by atoms with E-state index in [0.29, 0.717) is 11.0 Å². The van der Waals surface area contributed by atoms with Crippen molar-refractivity contribution < 1.29 is 5.11 Å². The van der Waals surface area contributed by atoms with Gasteiger partial charge < -0.3 is 15.7 Å². The van der Waals surface area contributed by atoms with Crippen LogP contribution in [0, 0.1) is 5.92 Å². The highest BCUT2D eigenvalue weighted by atomic mass is 32.1. The van der Waals surface area contributed by atoms with Gasteiger partial charge in [0.15, 0.2) is 5.11 Å². The Bertz CT molecular complexity index is 199. The van der Waals surface area contributed by atoms with Gasteiger partial charge in [-0.05, 0) is 51.7 Å². The molecule has 0 rings (SSSR count). The van der Waals surface area contributed by atoms with Crippen LogP contribution in [0.5, 0.6) is 0 Å². The van der Waals surface area contributed by atoms with Gasteiger partial charge in [0.25, 0.3) is 0 Å². The molecule has 0 heterocycles. The van der Waals surface area contributed by atoms with Crippen molar-refractivity contribution in [2.75, 3.05) is 0 Å². The lowest BCUT2D eigenvalue weighted by Gasteiger charge is -2.25. The lowest BCUT2D eigenvalue weighted by atomic mass is 10.1. The van der Waals surface area contributed by atoms with Gasteiger partial charge in [-0.1, -0.05) is 13.8 Å². The van der Waals surface area contributed by atoms with Crippen LogP contribution in [-0.4, -0.2) is 22.0 Å². The maximum Gasteiger partial charge on any atom is 0.168 e. The summed E-state index contributed by atoms with van der Waals surface area (Å²) < 4.78 is 0. The molecule has 0 saturated heterocycles. The Morgan fingerprint density at radius 1 is 1.27 bits per heavy atom. The molecule has 90 valence electrons. The molecule has 0 fully saturated rings. The minimum Gasteiger partial charge on any atom is -0.374 e. The molecular formula is C11H24N2OS. The zero-order valence-corrected chi connectivity index (χ0v) is 11.2. The van der Waals surface area contributed by atoms with E-state index in [4.69, 9.17) is 12.2 Å². The van der Waals surface area contributed by atoms with E-state index in [1.165, 1.54) is 0 Å². The summed E-state index contributed by atoms with van der Waals surface area (Å²) in [5, 5.41) is 16.1. The van der Waals surface area contributed by atoms with Crippen molar-refractivity contribution in [2.24, 2.45) is 5.92 Å². The summed E-state index contributed by atoms with van der Waals surface area (Å²) in [6.07, 6.45) is 1.17. The molecule has 3 N–H and O–H groups in total. The van der Waals surface area contributed by atoms with Crippen LogP contribution < -0.4 is 10.6 Å². The maximum atomic E-state index is 9.63. The molecule has 15 heavy (non-hydrogen) atoms. The fourth-order valence-electron chi connectivity index (χ4n) is 1.09. The first kappa shape index (κ1) is 14.6. The summed E-state index contributed by atoms with van der Waals surface area (Å²) in [6, 6.07) is 0. The third kappa shape index (κ3) is 9.94. The molecule has 4 heteroatoms. The molecule has 0 bridgehead atoms. The molecule has 0 amide bonds. The highest BCUT2D eigenvalue weighted by Crippen LogP contribution is 2.05. The van der Waals surface area contributed by atoms with Gasteiger partial charge in [-0.15, -0.1) is 0 Å². The monoisotopic (exact) mass is 232 g/mol. The van der Waals surface area contributed by atoms with Crippen LogP contribution >= 0.6 is 12.2 Å². The van der Waals surface area contributed by atoms with Gasteiger partial charge in [0, 0.05) is 5.54 Å². The lowest BCUT2D eigenvalue weighted by molar-refractivity contribution is 0.141. The van der Waals surface area contributed by atoms with E-state index < -0.39 is 6.23 Å². The van der Waals surface area contributed by atoms with Crippen molar-refractivity contribution in [3.05, 3.63) is 0 Å². The molecule has 0 aromatic heterocycles. The summed E-state index contributed by atoms with van der Waals surface area (Å²) >= 11 is 5.08. The van der Waals surface area contributed by atoms with E-state index >= 15 is 0 Å². The summed E-state index contributed by atoms with van der Waals surface area (Å²) in [5.74, 6) is 0.602. The van der Waals surface area contributed by atoms with Crippen LogP contribution in [0.1, 0.15) is 47.5 Å². The Morgan fingerprint density at radius 3 is 2.20 bits per heavy atom. The topological polar surface area (TPSA) is 44.3 Å². The van der Waals surface area contributed by atoms with Crippen LogP contribution in [0.15, 0.2) is 0 Å². The maximum absolute atomic E-state index is 9.63. The average molecular weight is 232 g/mol. The molecule has 0 aromatic carbocycles. The van der Waals surface area contributed by atoms with Crippen molar-refractivity contribution in [1.29, 1.82) is 0 Å². The second-order valence-electron chi connectivity index (χ2n) is 5.34. The number of hydrogen-bond donors (Lipinski definition) is 3. The van der Waals surface area contributed by atoms with Crippen LogP contribution in [0.4, 0.5) is 0 Å². The second-order valence-corrected chi connectivity index (χ2v) is 5.74. The van der Waals surface area contributed by atoms with E-state index in [-0.39, 0.29) is 5.54 Å². The standard InChI is InChI=1S/C11H24N2OS/c1-8(2)6-7-9(14)12-10(15)13-11(3,4)5/h8-9,14H,6-7H2,1-5H3,(H2,12,13,15). The summed E-state index contributed by atoms with van der Waals surface area (Å²) in [7, 11) is 0. The molecule has 0 aliphatic carbocycles. The molecule has 0 spiro atoms. The molecule has 0 radical (unpaired) electrons.